The van der Waals surface area contributed by atoms with E-state index in [1.807, 2.05) is 0 Å². The highest BCUT2D eigenvalue weighted by Gasteiger charge is 2.18. The Morgan fingerprint density at radius 3 is 2.30 bits per heavy atom. The zero-order valence-corrected chi connectivity index (χ0v) is 17.4. The van der Waals surface area contributed by atoms with E-state index in [2.05, 4.69) is 21.2 Å². The lowest BCUT2D eigenvalue weighted by molar-refractivity contribution is -0.119. The van der Waals surface area contributed by atoms with Crippen LogP contribution in [0.3, 0.4) is 0 Å². The van der Waals surface area contributed by atoms with Gasteiger partial charge in [0.25, 0.3) is 0 Å². The summed E-state index contributed by atoms with van der Waals surface area (Å²) in [7, 11) is 2.93. The lowest BCUT2D eigenvalue weighted by atomic mass is 10.2. The molecule has 1 heterocycles. The summed E-state index contributed by atoms with van der Waals surface area (Å²) in [6.45, 7) is 1.39. The van der Waals surface area contributed by atoms with Crippen LogP contribution in [0, 0.1) is 0 Å². The molecule has 1 aromatic carbocycles. The third kappa shape index (κ3) is 5.54. The number of ketones is 1. The van der Waals surface area contributed by atoms with E-state index in [0.29, 0.717) is 27.4 Å². The highest BCUT2D eigenvalue weighted by molar-refractivity contribution is 9.10. The molecule has 1 aromatic heterocycles. The number of rotatable bonds is 8. The number of carbonyl (C=O) groups excluding carboxylic acids is 3. The summed E-state index contributed by atoms with van der Waals surface area (Å²) in [5, 5.41) is 2.66. The maximum atomic E-state index is 12.3. The minimum absolute atomic E-state index is 0.148. The van der Waals surface area contributed by atoms with Gasteiger partial charge >= 0.3 is 5.97 Å². The number of halogens is 1. The quantitative estimate of drug-likeness (QED) is 0.485. The van der Waals surface area contributed by atoms with Gasteiger partial charge in [-0.25, -0.2) is 4.79 Å². The van der Waals surface area contributed by atoms with Gasteiger partial charge in [0.2, 0.25) is 11.7 Å². The van der Waals surface area contributed by atoms with Crippen LogP contribution >= 0.6 is 27.3 Å². The lowest BCUT2D eigenvalue weighted by Crippen LogP contribution is -2.18. The van der Waals surface area contributed by atoms with Crippen molar-refractivity contribution in [1.82, 2.24) is 5.32 Å². The van der Waals surface area contributed by atoms with E-state index in [-0.39, 0.29) is 23.9 Å². The van der Waals surface area contributed by atoms with Crippen molar-refractivity contribution in [2.75, 3.05) is 20.8 Å². The Hall–Kier alpha value is -2.39. The Balaban J connectivity index is 2.01. The SMILES string of the molecule is COc1cc(C(=O)OCC(=O)c2ccc(CNC(C)=O)s2)cc(OC)c1Br. The van der Waals surface area contributed by atoms with Crippen LogP contribution in [0.4, 0.5) is 0 Å². The molecule has 0 saturated carbocycles. The smallest absolute Gasteiger partial charge is 0.338 e. The van der Waals surface area contributed by atoms with Crippen LogP contribution in [0.25, 0.3) is 0 Å². The summed E-state index contributed by atoms with van der Waals surface area (Å²) >= 11 is 4.56. The average molecular weight is 456 g/mol. The summed E-state index contributed by atoms with van der Waals surface area (Å²) in [6, 6.07) is 6.38. The monoisotopic (exact) mass is 455 g/mol. The molecular weight excluding hydrogens is 438 g/mol. The summed E-state index contributed by atoms with van der Waals surface area (Å²) in [6.07, 6.45) is 0. The number of amides is 1. The molecule has 0 fully saturated rings. The van der Waals surface area contributed by atoms with Crippen molar-refractivity contribution in [2.45, 2.75) is 13.5 Å². The number of benzene rings is 1. The van der Waals surface area contributed by atoms with Crippen molar-refractivity contribution in [3.05, 3.63) is 44.1 Å². The number of ether oxygens (including phenoxy) is 3. The van der Waals surface area contributed by atoms with E-state index < -0.39 is 5.97 Å². The first-order valence-electron chi connectivity index (χ1n) is 7.80. The molecule has 0 atom stereocenters. The van der Waals surface area contributed by atoms with Gasteiger partial charge in [0, 0.05) is 11.8 Å². The van der Waals surface area contributed by atoms with E-state index in [1.54, 1.807) is 12.1 Å². The number of methoxy groups -OCH3 is 2. The Morgan fingerprint density at radius 1 is 1.11 bits per heavy atom. The molecule has 9 heteroatoms. The van der Waals surface area contributed by atoms with Crippen LogP contribution in [-0.4, -0.2) is 38.5 Å². The third-order valence-electron chi connectivity index (χ3n) is 3.46. The molecular formula is C18H18BrNO6S. The second-order valence-corrected chi connectivity index (χ2v) is 7.33. The summed E-state index contributed by atoms with van der Waals surface area (Å²) in [4.78, 5) is 36.7. The highest BCUT2D eigenvalue weighted by atomic mass is 79.9. The second kappa shape index (κ2) is 9.52. The Morgan fingerprint density at radius 2 is 1.74 bits per heavy atom. The second-order valence-electron chi connectivity index (χ2n) is 5.37. The lowest BCUT2D eigenvalue weighted by Gasteiger charge is -2.11. The average Bonchev–Trinajstić information content (AvgIpc) is 3.13. The molecule has 0 radical (unpaired) electrons. The van der Waals surface area contributed by atoms with Crippen LogP contribution in [0.2, 0.25) is 0 Å². The van der Waals surface area contributed by atoms with Crippen LogP contribution in [-0.2, 0) is 16.1 Å². The number of Topliss-reactive ketones (excluding diaryl/α,β-unsaturated/α-hetero) is 1. The first-order chi connectivity index (χ1) is 12.8. The van der Waals surface area contributed by atoms with Gasteiger partial charge in [0.1, 0.15) is 16.0 Å². The molecule has 2 aromatic rings. The number of thiophene rings is 1. The molecule has 0 aliphatic heterocycles. The van der Waals surface area contributed by atoms with Crippen LogP contribution in [0.5, 0.6) is 11.5 Å². The van der Waals surface area contributed by atoms with Gasteiger partial charge in [-0.1, -0.05) is 0 Å². The highest BCUT2D eigenvalue weighted by Crippen LogP contribution is 2.35. The maximum Gasteiger partial charge on any atom is 0.338 e. The van der Waals surface area contributed by atoms with Gasteiger partial charge in [-0.05, 0) is 40.2 Å². The first-order valence-corrected chi connectivity index (χ1v) is 9.41. The van der Waals surface area contributed by atoms with E-state index >= 15 is 0 Å². The molecule has 7 nitrogen and oxygen atoms in total. The van der Waals surface area contributed by atoms with Gasteiger partial charge in [0.15, 0.2) is 6.61 Å². The standard InChI is InChI=1S/C18H18BrNO6S/c1-10(21)20-8-12-4-5-16(27-12)13(22)9-26-18(23)11-6-14(24-2)17(19)15(7-11)25-3/h4-7H,8-9H2,1-3H3,(H,20,21). The third-order valence-corrected chi connectivity index (χ3v) is 5.37. The van der Waals surface area contributed by atoms with Crippen molar-refractivity contribution >= 4 is 44.9 Å². The van der Waals surface area contributed by atoms with Crippen molar-refractivity contribution in [3.8, 4) is 11.5 Å². The topological polar surface area (TPSA) is 90.9 Å². The van der Waals surface area contributed by atoms with Crippen LogP contribution in [0.1, 0.15) is 31.8 Å². The largest absolute Gasteiger partial charge is 0.495 e. The molecule has 0 aliphatic carbocycles. The van der Waals surface area contributed by atoms with E-state index in [9.17, 15) is 14.4 Å². The Labute approximate surface area is 168 Å². The van der Waals surface area contributed by atoms with Gasteiger partial charge in [0.05, 0.1) is 31.2 Å². The van der Waals surface area contributed by atoms with Gasteiger partial charge in [-0.2, -0.15) is 0 Å². The molecule has 0 unspecified atom stereocenters. The number of esters is 1. The Bertz CT molecular complexity index is 838. The zero-order chi connectivity index (χ0) is 20.0. The van der Waals surface area contributed by atoms with Crippen molar-refractivity contribution in [2.24, 2.45) is 0 Å². The van der Waals surface area contributed by atoms with Crippen LogP contribution < -0.4 is 14.8 Å². The minimum Gasteiger partial charge on any atom is -0.495 e. The van der Waals surface area contributed by atoms with Crippen molar-refractivity contribution in [3.63, 3.8) is 0 Å². The number of nitrogens with one attached hydrogen (secondary N) is 1. The van der Waals surface area contributed by atoms with Crippen molar-refractivity contribution in [1.29, 1.82) is 0 Å². The summed E-state index contributed by atoms with van der Waals surface area (Å²) < 4.78 is 16.1. The number of carbonyl (C=O) groups is 3. The fraction of sp³-hybridized carbons (Fsp3) is 0.278. The van der Waals surface area contributed by atoms with E-state index in [4.69, 9.17) is 14.2 Å². The normalized spacial score (nSPS) is 10.2. The fourth-order valence-corrected chi connectivity index (χ4v) is 3.53. The van der Waals surface area contributed by atoms with E-state index in [0.717, 1.165) is 4.88 Å². The van der Waals surface area contributed by atoms with Crippen molar-refractivity contribution < 1.29 is 28.6 Å². The molecule has 2 rings (SSSR count). The molecule has 1 N–H and O–H groups in total. The Kier molecular flexibility index (Phi) is 7.37. The molecule has 144 valence electrons. The predicted molar refractivity (Wildman–Crippen MR) is 104 cm³/mol. The molecule has 27 heavy (non-hydrogen) atoms. The molecule has 0 bridgehead atoms. The fourth-order valence-electron chi connectivity index (χ4n) is 2.11. The molecule has 0 saturated heterocycles. The summed E-state index contributed by atoms with van der Waals surface area (Å²) in [5.74, 6) is -0.312. The predicted octanol–water partition coefficient (Wildman–Crippen LogP) is 3.20. The minimum atomic E-state index is -0.664. The maximum absolute atomic E-state index is 12.3. The van der Waals surface area contributed by atoms with Gasteiger partial charge < -0.3 is 19.5 Å². The first kappa shape index (κ1) is 20.9. The molecule has 0 aliphatic rings. The van der Waals surface area contributed by atoms with Gasteiger partial charge in [-0.15, -0.1) is 11.3 Å². The van der Waals surface area contributed by atoms with Crippen LogP contribution in [0.15, 0.2) is 28.7 Å². The van der Waals surface area contributed by atoms with E-state index in [1.165, 1.54) is 44.6 Å². The van der Waals surface area contributed by atoms with Gasteiger partial charge in [-0.3, -0.25) is 9.59 Å². The zero-order valence-electron chi connectivity index (χ0n) is 15.0. The summed E-state index contributed by atoms with van der Waals surface area (Å²) in [5.41, 5.74) is 0.206. The number of hydrogen-bond donors (Lipinski definition) is 1. The number of hydrogen-bond acceptors (Lipinski definition) is 7. The molecule has 0 spiro atoms. The molecule has 1 amide bonds.